The second-order valence-electron chi connectivity index (χ2n) is 4.02. The molecular weight excluding hydrogens is 284 g/mol. The average Bonchev–Trinajstić information content (AvgIpc) is 2.36. The Morgan fingerprint density at radius 3 is 2.45 bits per heavy atom. The van der Waals surface area contributed by atoms with Gasteiger partial charge in [0.15, 0.2) is 0 Å². The Labute approximate surface area is 111 Å². The van der Waals surface area contributed by atoms with Gasteiger partial charge in [0.05, 0.1) is 25.2 Å². The van der Waals surface area contributed by atoms with Crippen molar-refractivity contribution in [1.29, 1.82) is 0 Å². The molecule has 4 nitrogen and oxygen atoms in total. The molecule has 0 saturated carbocycles. The first-order chi connectivity index (χ1) is 9.16. The fourth-order valence-electron chi connectivity index (χ4n) is 1.60. The average molecular weight is 296 g/mol. The van der Waals surface area contributed by atoms with Crippen molar-refractivity contribution in [2.75, 3.05) is 7.11 Å². The van der Waals surface area contributed by atoms with Gasteiger partial charge in [0.2, 0.25) is 0 Å². The number of benzene rings is 1. The quantitative estimate of drug-likeness (QED) is 0.657. The van der Waals surface area contributed by atoms with Crippen LogP contribution in [-0.4, -0.2) is 29.4 Å². The summed E-state index contributed by atoms with van der Waals surface area (Å²) < 4.78 is 55.3. The topological polar surface area (TPSA) is 66.8 Å². The summed E-state index contributed by atoms with van der Waals surface area (Å²) in [4.78, 5) is 10.9. The van der Waals surface area contributed by atoms with Crippen LogP contribution in [0.3, 0.4) is 0 Å². The number of rotatable bonds is 4. The highest BCUT2D eigenvalue weighted by molar-refractivity contribution is 5.69. The van der Waals surface area contributed by atoms with Crippen molar-refractivity contribution in [2.45, 2.75) is 24.8 Å². The lowest BCUT2D eigenvalue weighted by atomic mass is 9.96. The zero-order valence-corrected chi connectivity index (χ0v) is 10.3. The number of esters is 1. The van der Waals surface area contributed by atoms with E-state index >= 15 is 0 Å². The SMILES string of the molecule is COC(=O)CC(O)C(O)c1ccc(F)cc1C(F)(F)F. The largest absolute Gasteiger partial charge is 0.469 e. The van der Waals surface area contributed by atoms with Gasteiger partial charge in [0.25, 0.3) is 0 Å². The van der Waals surface area contributed by atoms with Gasteiger partial charge in [-0.25, -0.2) is 4.39 Å². The number of ether oxygens (including phenoxy) is 1. The number of aliphatic hydroxyl groups is 2. The van der Waals surface area contributed by atoms with Crippen LogP contribution in [0.2, 0.25) is 0 Å². The number of halogens is 4. The van der Waals surface area contributed by atoms with Crippen LogP contribution >= 0.6 is 0 Å². The Balaban J connectivity index is 3.09. The molecular formula is C12H12F4O4. The number of hydrogen-bond acceptors (Lipinski definition) is 4. The van der Waals surface area contributed by atoms with E-state index in [-0.39, 0.29) is 6.07 Å². The molecule has 0 fully saturated rings. The van der Waals surface area contributed by atoms with Crippen LogP contribution in [0.15, 0.2) is 18.2 Å². The maximum atomic E-state index is 12.9. The molecule has 0 aromatic heterocycles. The normalized spacial score (nSPS) is 14.8. The summed E-state index contributed by atoms with van der Waals surface area (Å²) in [6, 6.07) is 1.64. The molecule has 0 radical (unpaired) electrons. The van der Waals surface area contributed by atoms with Gasteiger partial charge in [0, 0.05) is 0 Å². The molecule has 0 spiro atoms. The third-order valence-corrected chi connectivity index (χ3v) is 2.61. The molecule has 0 aliphatic rings. The zero-order chi connectivity index (χ0) is 15.5. The van der Waals surface area contributed by atoms with E-state index in [1.54, 1.807) is 0 Å². The van der Waals surface area contributed by atoms with Crippen LogP contribution in [0.5, 0.6) is 0 Å². The van der Waals surface area contributed by atoms with Gasteiger partial charge in [-0.2, -0.15) is 13.2 Å². The van der Waals surface area contributed by atoms with Crippen LogP contribution in [0.25, 0.3) is 0 Å². The first kappa shape index (κ1) is 16.4. The first-order valence-electron chi connectivity index (χ1n) is 5.46. The third kappa shape index (κ3) is 3.91. The molecule has 2 atom stereocenters. The van der Waals surface area contributed by atoms with Crippen molar-refractivity contribution in [2.24, 2.45) is 0 Å². The van der Waals surface area contributed by atoms with Crippen molar-refractivity contribution in [3.8, 4) is 0 Å². The Morgan fingerprint density at radius 1 is 1.35 bits per heavy atom. The van der Waals surface area contributed by atoms with E-state index in [4.69, 9.17) is 0 Å². The van der Waals surface area contributed by atoms with Crippen molar-refractivity contribution in [3.63, 3.8) is 0 Å². The minimum atomic E-state index is -4.90. The van der Waals surface area contributed by atoms with Crippen LogP contribution in [-0.2, 0) is 15.7 Å². The van der Waals surface area contributed by atoms with Crippen LogP contribution in [0.1, 0.15) is 23.7 Å². The molecule has 0 aliphatic heterocycles. The number of carbonyl (C=O) groups is 1. The molecule has 1 aromatic rings. The lowest BCUT2D eigenvalue weighted by Gasteiger charge is -2.21. The van der Waals surface area contributed by atoms with E-state index in [0.29, 0.717) is 6.07 Å². The van der Waals surface area contributed by atoms with Crippen molar-refractivity contribution < 1.29 is 37.3 Å². The van der Waals surface area contributed by atoms with Crippen molar-refractivity contribution in [3.05, 3.63) is 35.1 Å². The monoisotopic (exact) mass is 296 g/mol. The Morgan fingerprint density at radius 2 is 1.95 bits per heavy atom. The van der Waals surface area contributed by atoms with Gasteiger partial charge in [-0.05, 0) is 17.7 Å². The Kier molecular flexibility index (Phi) is 5.07. The highest BCUT2D eigenvalue weighted by Crippen LogP contribution is 2.36. The van der Waals surface area contributed by atoms with Crippen LogP contribution in [0, 0.1) is 5.82 Å². The molecule has 2 N–H and O–H groups in total. The highest BCUT2D eigenvalue weighted by atomic mass is 19.4. The lowest BCUT2D eigenvalue weighted by Crippen LogP contribution is -2.25. The first-order valence-corrected chi connectivity index (χ1v) is 5.46. The van der Waals surface area contributed by atoms with Gasteiger partial charge < -0.3 is 14.9 Å². The van der Waals surface area contributed by atoms with Gasteiger partial charge >= 0.3 is 12.1 Å². The minimum absolute atomic E-state index is 0.212. The van der Waals surface area contributed by atoms with E-state index in [1.807, 2.05) is 0 Å². The molecule has 1 rings (SSSR count). The molecule has 0 aliphatic carbocycles. The van der Waals surface area contributed by atoms with Crippen molar-refractivity contribution in [1.82, 2.24) is 0 Å². The fourth-order valence-corrected chi connectivity index (χ4v) is 1.60. The van der Waals surface area contributed by atoms with Crippen LogP contribution < -0.4 is 0 Å². The van der Waals surface area contributed by atoms with E-state index < -0.39 is 47.7 Å². The number of alkyl halides is 3. The minimum Gasteiger partial charge on any atom is -0.469 e. The fraction of sp³-hybridized carbons (Fsp3) is 0.417. The van der Waals surface area contributed by atoms with Crippen LogP contribution in [0.4, 0.5) is 17.6 Å². The van der Waals surface area contributed by atoms with E-state index in [1.165, 1.54) is 0 Å². The van der Waals surface area contributed by atoms with Crippen molar-refractivity contribution >= 4 is 5.97 Å². The second kappa shape index (κ2) is 6.19. The third-order valence-electron chi connectivity index (χ3n) is 2.61. The summed E-state index contributed by atoms with van der Waals surface area (Å²) in [7, 11) is 1.03. The summed E-state index contributed by atoms with van der Waals surface area (Å²) in [6.45, 7) is 0. The maximum absolute atomic E-state index is 12.9. The van der Waals surface area contributed by atoms with Gasteiger partial charge in [-0.15, -0.1) is 0 Å². The molecule has 8 heteroatoms. The Hall–Kier alpha value is -1.67. The maximum Gasteiger partial charge on any atom is 0.416 e. The van der Waals surface area contributed by atoms with Gasteiger partial charge in [-0.3, -0.25) is 4.79 Å². The highest BCUT2D eigenvalue weighted by Gasteiger charge is 2.37. The Bertz CT molecular complexity index is 487. The van der Waals surface area contributed by atoms with E-state index in [9.17, 15) is 32.6 Å². The van der Waals surface area contributed by atoms with E-state index in [0.717, 1.165) is 13.2 Å². The van der Waals surface area contributed by atoms with Gasteiger partial charge in [0.1, 0.15) is 11.9 Å². The zero-order valence-electron chi connectivity index (χ0n) is 10.3. The molecule has 112 valence electrons. The number of carbonyl (C=O) groups excluding carboxylic acids is 1. The number of aliphatic hydroxyl groups excluding tert-OH is 2. The number of methoxy groups -OCH3 is 1. The molecule has 1 aromatic carbocycles. The standard InChI is InChI=1S/C12H12F4O4/c1-20-10(18)5-9(17)11(19)7-3-2-6(13)4-8(7)12(14,15)16/h2-4,9,11,17,19H,5H2,1H3. The number of hydrogen-bond donors (Lipinski definition) is 2. The molecule has 2 unspecified atom stereocenters. The lowest BCUT2D eigenvalue weighted by molar-refractivity contribution is -0.145. The second-order valence-corrected chi connectivity index (χ2v) is 4.02. The predicted molar refractivity (Wildman–Crippen MR) is 59.0 cm³/mol. The summed E-state index contributed by atoms with van der Waals surface area (Å²) >= 11 is 0. The summed E-state index contributed by atoms with van der Waals surface area (Å²) in [5, 5.41) is 19.2. The molecule has 0 heterocycles. The summed E-state index contributed by atoms with van der Waals surface area (Å²) in [5.74, 6) is -2.03. The summed E-state index contributed by atoms with van der Waals surface area (Å²) in [6.07, 6.45) is -9.38. The molecule has 20 heavy (non-hydrogen) atoms. The van der Waals surface area contributed by atoms with E-state index in [2.05, 4.69) is 4.74 Å². The summed E-state index contributed by atoms with van der Waals surface area (Å²) in [5.41, 5.74) is -2.12. The smallest absolute Gasteiger partial charge is 0.416 e. The molecule has 0 amide bonds. The molecule has 0 bridgehead atoms. The molecule has 0 saturated heterocycles. The predicted octanol–water partition coefficient (Wildman–Crippen LogP) is 1.80. The van der Waals surface area contributed by atoms with Gasteiger partial charge in [-0.1, -0.05) is 6.07 Å².